The first kappa shape index (κ1) is 10.8. The van der Waals surface area contributed by atoms with Crippen LogP contribution in [0, 0.1) is 6.92 Å². The average molecular weight is 232 g/mol. The van der Waals surface area contributed by atoms with Crippen molar-refractivity contribution in [2.45, 2.75) is 32.0 Å². The molecule has 0 saturated carbocycles. The summed E-state index contributed by atoms with van der Waals surface area (Å²) < 4.78 is 11.5. The van der Waals surface area contributed by atoms with Crippen LogP contribution in [0.3, 0.4) is 0 Å². The van der Waals surface area contributed by atoms with Crippen LogP contribution in [-0.2, 0) is 4.74 Å². The second-order valence-corrected chi connectivity index (χ2v) is 4.61. The Morgan fingerprint density at radius 1 is 1.29 bits per heavy atom. The highest BCUT2D eigenvalue weighted by Crippen LogP contribution is 2.36. The molecule has 0 aliphatic carbocycles. The van der Waals surface area contributed by atoms with Crippen LogP contribution in [0.4, 0.5) is 0 Å². The number of hydrogen-bond acceptors (Lipinski definition) is 3. The molecule has 1 aromatic carbocycles. The second kappa shape index (κ2) is 4.17. The summed E-state index contributed by atoms with van der Waals surface area (Å²) in [7, 11) is 0. The zero-order valence-corrected chi connectivity index (χ0v) is 9.85. The first-order valence-corrected chi connectivity index (χ1v) is 6.03. The largest absolute Gasteiger partial charge is 0.461 e. The van der Waals surface area contributed by atoms with E-state index in [2.05, 4.69) is 0 Å². The minimum absolute atomic E-state index is 0.0394. The predicted molar refractivity (Wildman–Crippen MR) is 64.9 cm³/mol. The van der Waals surface area contributed by atoms with Gasteiger partial charge < -0.3 is 14.3 Å². The van der Waals surface area contributed by atoms with E-state index >= 15 is 0 Å². The minimum atomic E-state index is -0.262. The summed E-state index contributed by atoms with van der Waals surface area (Å²) in [5, 5.41) is 10.8. The third-order valence-corrected chi connectivity index (χ3v) is 3.40. The van der Waals surface area contributed by atoms with Gasteiger partial charge in [0.15, 0.2) is 0 Å². The van der Waals surface area contributed by atoms with Gasteiger partial charge in [0.25, 0.3) is 0 Å². The van der Waals surface area contributed by atoms with Crippen LogP contribution in [0.2, 0.25) is 0 Å². The topological polar surface area (TPSA) is 42.6 Å². The molecule has 1 aromatic heterocycles. The SMILES string of the molecule is Cc1oc2ccccc2c1C1CC(O)CCO1. The van der Waals surface area contributed by atoms with Gasteiger partial charge in [-0.05, 0) is 19.4 Å². The molecule has 0 amide bonds. The molecule has 3 rings (SSSR count). The fourth-order valence-corrected chi connectivity index (χ4v) is 2.57. The Balaban J connectivity index is 2.06. The lowest BCUT2D eigenvalue weighted by molar-refractivity contribution is -0.0447. The second-order valence-electron chi connectivity index (χ2n) is 4.61. The minimum Gasteiger partial charge on any atom is -0.461 e. The Kier molecular flexibility index (Phi) is 2.65. The number of furan rings is 1. The lowest BCUT2D eigenvalue weighted by atomic mass is 9.97. The van der Waals surface area contributed by atoms with Gasteiger partial charge in [-0.3, -0.25) is 0 Å². The summed E-state index contributed by atoms with van der Waals surface area (Å²) in [6.07, 6.45) is 1.08. The molecule has 90 valence electrons. The summed E-state index contributed by atoms with van der Waals surface area (Å²) in [6.45, 7) is 2.57. The molecule has 0 spiro atoms. The Labute approximate surface area is 100.0 Å². The highest BCUT2D eigenvalue weighted by Gasteiger charge is 2.27. The van der Waals surface area contributed by atoms with Crippen molar-refractivity contribution >= 4 is 11.0 Å². The number of fused-ring (bicyclic) bond motifs is 1. The summed E-state index contributed by atoms with van der Waals surface area (Å²) in [6, 6.07) is 7.97. The van der Waals surface area contributed by atoms with E-state index in [0.29, 0.717) is 13.0 Å². The van der Waals surface area contributed by atoms with Crippen molar-refractivity contribution in [3.8, 4) is 0 Å². The number of rotatable bonds is 1. The van der Waals surface area contributed by atoms with E-state index in [-0.39, 0.29) is 12.2 Å². The summed E-state index contributed by atoms with van der Waals surface area (Å²) >= 11 is 0. The molecule has 2 atom stereocenters. The maximum Gasteiger partial charge on any atom is 0.134 e. The monoisotopic (exact) mass is 232 g/mol. The summed E-state index contributed by atoms with van der Waals surface area (Å²) in [5.74, 6) is 0.894. The molecule has 1 fully saturated rings. The van der Waals surface area contributed by atoms with Crippen LogP contribution in [-0.4, -0.2) is 17.8 Å². The van der Waals surface area contributed by atoms with Gasteiger partial charge in [0.2, 0.25) is 0 Å². The quantitative estimate of drug-likeness (QED) is 0.822. The van der Waals surface area contributed by atoms with Gasteiger partial charge in [-0.1, -0.05) is 18.2 Å². The molecule has 3 nitrogen and oxygen atoms in total. The number of aryl methyl sites for hydroxylation is 1. The van der Waals surface area contributed by atoms with Gasteiger partial charge >= 0.3 is 0 Å². The van der Waals surface area contributed by atoms with Gasteiger partial charge in [-0.25, -0.2) is 0 Å². The third-order valence-electron chi connectivity index (χ3n) is 3.40. The van der Waals surface area contributed by atoms with Gasteiger partial charge in [-0.15, -0.1) is 0 Å². The van der Waals surface area contributed by atoms with Crippen LogP contribution in [0.5, 0.6) is 0 Å². The van der Waals surface area contributed by atoms with E-state index in [9.17, 15) is 5.11 Å². The maximum atomic E-state index is 9.73. The van der Waals surface area contributed by atoms with Crippen LogP contribution in [0.15, 0.2) is 28.7 Å². The van der Waals surface area contributed by atoms with E-state index in [4.69, 9.17) is 9.15 Å². The fourth-order valence-electron chi connectivity index (χ4n) is 2.57. The normalized spacial score (nSPS) is 25.3. The molecule has 1 N–H and O–H groups in total. The number of para-hydroxylation sites is 1. The van der Waals surface area contributed by atoms with Gasteiger partial charge in [0.1, 0.15) is 11.3 Å². The number of hydrogen-bond donors (Lipinski definition) is 1. The molecule has 0 bridgehead atoms. The molecule has 1 saturated heterocycles. The number of aliphatic hydroxyl groups excluding tert-OH is 1. The van der Waals surface area contributed by atoms with Gasteiger partial charge in [0, 0.05) is 24.0 Å². The van der Waals surface area contributed by atoms with Crippen LogP contribution in [0.25, 0.3) is 11.0 Å². The Morgan fingerprint density at radius 2 is 2.12 bits per heavy atom. The van der Waals surface area contributed by atoms with Crippen molar-refractivity contribution in [3.63, 3.8) is 0 Å². The van der Waals surface area contributed by atoms with E-state index in [0.717, 1.165) is 28.7 Å². The van der Waals surface area contributed by atoms with Gasteiger partial charge in [0.05, 0.1) is 12.2 Å². The number of ether oxygens (including phenoxy) is 1. The van der Waals surface area contributed by atoms with Crippen LogP contribution in [0.1, 0.15) is 30.3 Å². The third kappa shape index (κ3) is 1.85. The zero-order chi connectivity index (χ0) is 11.8. The average Bonchev–Trinajstić information content (AvgIpc) is 2.64. The first-order valence-electron chi connectivity index (χ1n) is 6.03. The smallest absolute Gasteiger partial charge is 0.134 e. The Bertz CT molecular complexity index is 529. The van der Waals surface area contributed by atoms with E-state index in [1.54, 1.807) is 0 Å². The van der Waals surface area contributed by atoms with Crippen molar-refractivity contribution in [1.82, 2.24) is 0 Å². The number of benzene rings is 1. The molecule has 1 aliphatic rings. The molecular formula is C14H16O3. The standard InChI is InChI=1S/C14H16O3/c1-9-14(13-8-10(15)6-7-16-13)11-4-2-3-5-12(11)17-9/h2-5,10,13,15H,6-8H2,1H3. The van der Waals surface area contributed by atoms with Crippen molar-refractivity contribution in [1.29, 1.82) is 0 Å². The molecule has 2 unspecified atom stereocenters. The van der Waals surface area contributed by atoms with Crippen molar-refractivity contribution < 1.29 is 14.3 Å². The predicted octanol–water partition coefficient (Wildman–Crippen LogP) is 2.95. The Morgan fingerprint density at radius 3 is 2.94 bits per heavy atom. The fraction of sp³-hybridized carbons (Fsp3) is 0.429. The van der Waals surface area contributed by atoms with Crippen molar-refractivity contribution in [2.75, 3.05) is 6.61 Å². The first-order chi connectivity index (χ1) is 8.25. The highest BCUT2D eigenvalue weighted by molar-refractivity contribution is 5.82. The zero-order valence-electron chi connectivity index (χ0n) is 9.85. The Hall–Kier alpha value is -1.32. The lowest BCUT2D eigenvalue weighted by Crippen LogP contribution is -2.23. The van der Waals surface area contributed by atoms with Gasteiger partial charge in [-0.2, -0.15) is 0 Å². The van der Waals surface area contributed by atoms with Crippen LogP contribution < -0.4 is 0 Å². The number of aliphatic hydroxyl groups is 1. The summed E-state index contributed by atoms with van der Waals surface area (Å²) in [4.78, 5) is 0. The molecule has 2 heterocycles. The molecule has 17 heavy (non-hydrogen) atoms. The van der Waals surface area contributed by atoms with Crippen LogP contribution >= 0.6 is 0 Å². The van der Waals surface area contributed by atoms with E-state index < -0.39 is 0 Å². The lowest BCUT2D eigenvalue weighted by Gasteiger charge is -2.26. The molecule has 0 radical (unpaired) electrons. The van der Waals surface area contributed by atoms with Crippen molar-refractivity contribution in [2.24, 2.45) is 0 Å². The van der Waals surface area contributed by atoms with Crippen molar-refractivity contribution in [3.05, 3.63) is 35.6 Å². The van der Waals surface area contributed by atoms with E-state index in [1.165, 1.54) is 0 Å². The summed E-state index contributed by atoms with van der Waals surface area (Å²) in [5.41, 5.74) is 1.99. The maximum absolute atomic E-state index is 9.73. The molecule has 3 heteroatoms. The molecule has 2 aromatic rings. The highest BCUT2D eigenvalue weighted by atomic mass is 16.5. The molecule has 1 aliphatic heterocycles. The molecular weight excluding hydrogens is 216 g/mol. The van der Waals surface area contributed by atoms with E-state index in [1.807, 2.05) is 31.2 Å².